The first-order valence-corrected chi connectivity index (χ1v) is 20.7. The lowest BCUT2D eigenvalue weighted by molar-refractivity contribution is 1.25. The maximum absolute atomic E-state index is 4.19. The van der Waals surface area contributed by atoms with E-state index in [4.69, 9.17) is 0 Å². The van der Waals surface area contributed by atoms with E-state index in [2.05, 4.69) is 70.1 Å². The van der Waals surface area contributed by atoms with E-state index in [1.807, 2.05) is 0 Å². The third-order valence-electron chi connectivity index (χ3n) is 2.62. The zero-order valence-corrected chi connectivity index (χ0v) is 17.9. The summed E-state index contributed by atoms with van der Waals surface area (Å²) in [5, 5.41) is 0. The summed E-state index contributed by atoms with van der Waals surface area (Å²) < 4.78 is 4.19. The first-order valence-electron chi connectivity index (χ1n) is 6.91. The number of hydrogen-bond donors (Lipinski definition) is 1. The summed E-state index contributed by atoms with van der Waals surface area (Å²) in [6.07, 6.45) is 0. The first kappa shape index (κ1) is 17.8. The fraction of sp³-hybridized carbons (Fsp3) is 1.00. The molecule has 0 aliphatic heterocycles. The molecule has 17 heavy (non-hydrogen) atoms. The van der Waals surface area contributed by atoms with E-state index in [0.717, 1.165) is 0 Å². The molecule has 0 aliphatic rings. The van der Waals surface area contributed by atoms with Gasteiger partial charge in [-0.1, -0.05) is 65.5 Å². The highest BCUT2D eigenvalue weighted by molar-refractivity contribution is 7.03. The van der Waals surface area contributed by atoms with E-state index in [9.17, 15) is 0 Å². The molecule has 0 unspecified atom stereocenters. The maximum Gasteiger partial charge on any atom is 0.110 e. The summed E-state index contributed by atoms with van der Waals surface area (Å²) in [5.74, 6) is 0. The van der Waals surface area contributed by atoms with Crippen LogP contribution in [0.25, 0.3) is 0 Å². The molecule has 0 spiro atoms. The Hall–Kier alpha value is 0.828. The monoisotopic (exact) mass is 305 g/mol. The van der Waals surface area contributed by atoms with Gasteiger partial charge in [-0.15, -0.1) is 0 Å². The summed E-state index contributed by atoms with van der Waals surface area (Å²) in [5.41, 5.74) is 3.03. The second-order valence-corrected chi connectivity index (χ2v) is 31.0. The average molecular weight is 306 g/mol. The van der Waals surface area contributed by atoms with Gasteiger partial charge < -0.3 is 4.65 Å². The molecular weight excluding hydrogens is 270 g/mol. The summed E-state index contributed by atoms with van der Waals surface area (Å²) in [6, 6.07) is 0. The Balaban J connectivity index is 4.59. The zero-order chi connectivity index (χ0) is 14.1. The highest BCUT2D eigenvalue weighted by atomic mass is 28.4. The van der Waals surface area contributed by atoms with Crippen LogP contribution in [0.15, 0.2) is 0 Å². The van der Waals surface area contributed by atoms with Crippen molar-refractivity contribution < 1.29 is 0 Å². The molecule has 1 N–H and O–H groups in total. The Morgan fingerprint density at radius 1 is 0.529 bits per heavy atom. The number of hydrogen-bond acceptors (Lipinski definition) is 1. The molecule has 0 rings (SSSR count). The molecule has 0 atom stereocenters. The lowest BCUT2D eigenvalue weighted by Crippen LogP contribution is -2.63. The third-order valence-corrected chi connectivity index (χ3v) is 23.6. The number of nitrogens with one attached hydrogen (secondary N) is 1. The Kier molecular flexibility index (Phi) is 5.71. The van der Waals surface area contributed by atoms with E-state index >= 15 is 0 Å². The molecule has 1 nitrogen and oxygen atoms in total. The van der Waals surface area contributed by atoms with E-state index in [1.165, 1.54) is 11.3 Å². The van der Waals surface area contributed by atoms with Gasteiger partial charge in [-0.05, 0) is 11.3 Å². The molecule has 104 valence electrons. The molecule has 0 saturated carbocycles. The van der Waals surface area contributed by atoms with Crippen molar-refractivity contribution in [2.75, 3.05) is 0 Å². The van der Waals surface area contributed by atoms with Gasteiger partial charge in [-0.25, -0.2) is 0 Å². The predicted molar refractivity (Wildman–Crippen MR) is 94.4 cm³/mol. The molecule has 0 aliphatic carbocycles. The summed E-state index contributed by atoms with van der Waals surface area (Å²) >= 11 is 0. The molecule has 0 aromatic carbocycles. The van der Waals surface area contributed by atoms with Crippen LogP contribution in [0.2, 0.25) is 76.8 Å². The van der Waals surface area contributed by atoms with Gasteiger partial charge in [-0.3, -0.25) is 0 Å². The van der Waals surface area contributed by atoms with Gasteiger partial charge >= 0.3 is 0 Å². The summed E-state index contributed by atoms with van der Waals surface area (Å²) in [7, 11) is -4.19. The normalized spacial score (nSPS) is 15.2. The van der Waals surface area contributed by atoms with Crippen molar-refractivity contribution in [3.8, 4) is 0 Å². The fourth-order valence-electron chi connectivity index (χ4n) is 3.66. The first-order chi connectivity index (χ1) is 7.12. The van der Waals surface area contributed by atoms with Crippen molar-refractivity contribution in [3.05, 3.63) is 0 Å². The quantitative estimate of drug-likeness (QED) is 0.699. The molecule has 0 radical (unpaired) electrons. The molecule has 0 bridgehead atoms. The van der Waals surface area contributed by atoms with Gasteiger partial charge in [0, 0.05) is 16.1 Å². The minimum atomic E-state index is -1.18. The lowest BCUT2D eigenvalue weighted by atomic mass is 11.7. The fourth-order valence-corrected chi connectivity index (χ4v) is 34.5. The maximum atomic E-state index is 4.19. The van der Waals surface area contributed by atoms with Crippen molar-refractivity contribution in [2.45, 2.75) is 76.8 Å². The zero-order valence-electron chi connectivity index (χ0n) is 13.9. The minimum absolute atomic E-state index is 0.918. The molecule has 0 saturated heterocycles. The average Bonchev–Trinajstić information content (AvgIpc) is 1.65. The largest absolute Gasteiger partial charge is 0.360 e. The molecule has 0 amide bonds. The van der Waals surface area contributed by atoms with Crippen LogP contribution >= 0.6 is 0 Å². The topological polar surface area (TPSA) is 12.0 Å². The molecule has 0 aromatic rings. The third kappa shape index (κ3) is 10.4. The van der Waals surface area contributed by atoms with Crippen molar-refractivity contribution in [3.63, 3.8) is 0 Å². The second-order valence-electron chi connectivity index (χ2n) is 9.37. The van der Waals surface area contributed by atoms with E-state index < -0.39 is 32.6 Å². The van der Waals surface area contributed by atoms with Gasteiger partial charge in [0.05, 0.1) is 0 Å². The van der Waals surface area contributed by atoms with Crippen molar-refractivity contribution in [1.82, 2.24) is 4.65 Å². The molecule has 5 heteroatoms. The molecule has 0 fully saturated rings. The van der Waals surface area contributed by atoms with Crippen LogP contribution in [0, 0.1) is 0 Å². The van der Waals surface area contributed by atoms with E-state index in [-0.39, 0.29) is 0 Å². The van der Waals surface area contributed by atoms with Gasteiger partial charge in [0.15, 0.2) is 0 Å². The second kappa shape index (κ2) is 5.44. The van der Waals surface area contributed by atoms with Gasteiger partial charge in [-0.2, -0.15) is 0 Å². The van der Waals surface area contributed by atoms with E-state index in [0.29, 0.717) is 0 Å². The Morgan fingerprint density at radius 3 is 0.941 bits per heavy atom. The van der Waals surface area contributed by atoms with Gasteiger partial charge in [0.1, 0.15) is 16.5 Å². The standard InChI is InChI=1S/C12H35NSi4/c1-14(2,3)11-16(7,8)13-17(9,10)12-15(4,5)6/h13H,11-12H2,1-10H3. The smallest absolute Gasteiger partial charge is 0.110 e. The Morgan fingerprint density at radius 2 is 0.765 bits per heavy atom. The predicted octanol–water partition coefficient (Wildman–Crippen LogP) is 4.74. The van der Waals surface area contributed by atoms with Gasteiger partial charge in [0.2, 0.25) is 0 Å². The Bertz CT molecular complexity index is 222. The van der Waals surface area contributed by atoms with Crippen LogP contribution < -0.4 is 4.65 Å². The number of rotatable bonds is 6. The van der Waals surface area contributed by atoms with Crippen molar-refractivity contribution in [2.24, 2.45) is 0 Å². The molecule has 0 aromatic heterocycles. The molecule has 0 heterocycles. The highest BCUT2D eigenvalue weighted by Gasteiger charge is 2.37. The van der Waals surface area contributed by atoms with Crippen molar-refractivity contribution in [1.29, 1.82) is 0 Å². The lowest BCUT2D eigenvalue weighted by Gasteiger charge is -2.40. The van der Waals surface area contributed by atoms with Gasteiger partial charge in [0.25, 0.3) is 0 Å². The SMILES string of the molecule is C[Si](C)(C)C[Si](C)(C)N[Si](C)(C)C[Si](C)(C)C. The van der Waals surface area contributed by atoms with E-state index in [1.54, 1.807) is 0 Å². The van der Waals surface area contributed by atoms with Crippen LogP contribution in [0.1, 0.15) is 0 Å². The van der Waals surface area contributed by atoms with Crippen LogP contribution in [0.5, 0.6) is 0 Å². The van der Waals surface area contributed by atoms with Crippen LogP contribution in [-0.4, -0.2) is 32.6 Å². The summed E-state index contributed by atoms with van der Waals surface area (Å²) in [4.78, 5) is 0. The highest BCUT2D eigenvalue weighted by Crippen LogP contribution is 2.23. The molecular formula is C12H35NSi4. The summed E-state index contributed by atoms with van der Waals surface area (Å²) in [6.45, 7) is 25.2. The van der Waals surface area contributed by atoms with Crippen LogP contribution in [0.3, 0.4) is 0 Å². The minimum Gasteiger partial charge on any atom is -0.360 e. The van der Waals surface area contributed by atoms with Crippen LogP contribution in [0.4, 0.5) is 0 Å². The Labute approximate surface area is 114 Å². The van der Waals surface area contributed by atoms with Crippen LogP contribution in [-0.2, 0) is 0 Å². The van der Waals surface area contributed by atoms with Crippen molar-refractivity contribution >= 4 is 32.6 Å².